The van der Waals surface area contributed by atoms with Crippen LogP contribution in [0.1, 0.15) is 19.8 Å². The molecule has 1 rings (SSSR count). The Morgan fingerprint density at radius 1 is 1.53 bits per heavy atom. The van der Waals surface area contributed by atoms with E-state index in [4.69, 9.17) is 28.3 Å². The fourth-order valence-corrected chi connectivity index (χ4v) is 1.90. The summed E-state index contributed by atoms with van der Waals surface area (Å²) in [6.07, 6.45) is 1.32. The van der Waals surface area contributed by atoms with Crippen molar-refractivity contribution >= 4 is 29.2 Å². The first kappa shape index (κ1) is 12.8. The third-order valence-electron chi connectivity index (χ3n) is 2.97. The van der Waals surface area contributed by atoms with E-state index in [1.807, 2.05) is 0 Å². The average Bonchev–Trinajstić information content (AvgIpc) is 2.21. The molecular weight excluding hydrogens is 237 g/mol. The number of rotatable bonds is 3. The molecule has 1 aliphatic rings. The van der Waals surface area contributed by atoms with Crippen LogP contribution in [0.25, 0.3) is 0 Å². The molecule has 0 aromatic carbocycles. The molecule has 0 aromatic rings. The second-order valence-corrected chi connectivity index (χ2v) is 4.90. The molecular formula is C10H15Cl2NO2. The summed E-state index contributed by atoms with van der Waals surface area (Å²) in [6.45, 7) is 3.92. The van der Waals surface area contributed by atoms with Gasteiger partial charge in [0.05, 0.1) is 5.41 Å². The number of hydrogen-bond donors (Lipinski definition) is 1. The van der Waals surface area contributed by atoms with Gasteiger partial charge in [-0.2, -0.15) is 0 Å². The first-order valence-electron chi connectivity index (χ1n) is 4.88. The van der Waals surface area contributed by atoms with E-state index >= 15 is 0 Å². The Kier molecular flexibility index (Phi) is 4.44. The Labute approximate surface area is 99.7 Å². The van der Waals surface area contributed by atoms with Gasteiger partial charge in [0.2, 0.25) is 0 Å². The van der Waals surface area contributed by atoms with E-state index in [2.05, 4.69) is 4.90 Å². The van der Waals surface area contributed by atoms with E-state index in [-0.39, 0.29) is 0 Å². The van der Waals surface area contributed by atoms with Gasteiger partial charge in [0.25, 0.3) is 0 Å². The van der Waals surface area contributed by atoms with Crippen molar-refractivity contribution in [2.75, 3.05) is 19.6 Å². The first-order valence-corrected chi connectivity index (χ1v) is 5.70. The van der Waals surface area contributed by atoms with Gasteiger partial charge in [-0.15, -0.1) is 0 Å². The Bertz CT molecular complexity index is 271. The van der Waals surface area contributed by atoms with Crippen molar-refractivity contribution in [1.82, 2.24) is 4.90 Å². The van der Waals surface area contributed by atoms with Gasteiger partial charge in [-0.25, -0.2) is 0 Å². The van der Waals surface area contributed by atoms with Crippen LogP contribution in [0.3, 0.4) is 0 Å². The van der Waals surface area contributed by atoms with Gasteiger partial charge in [0.1, 0.15) is 0 Å². The smallest absolute Gasteiger partial charge is 0.309 e. The molecule has 0 unspecified atom stereocenters. The highest BCUT2D eigenvalue weighted by atomic mass is 35.5. The maximum Gasteiger partial charge on any atom is 0.309 e. The van der Waals surface area contributed by atoms with Gasteiger partial charge in [-0.1, -0.05) is 23.2 Å². The van der Waals surface area contributed by atoms with Gasteiger partial charge in [0.15, 0.2) is 0 Å². The number of aliphatic carboxylic acids is 1. The zero-order valence-corrected chi connectivity index (χ0v) is 10.2. The van der Waals surface area contributed by atoms with Gasteiger partial charge in [-0.05, 0) is 32.9 Å². The molecule has 1 saturated heterocycles. The Hall–Kier alpha value is -0.250. The average molecular weight is 252 g/mol. The zero-order chi connectivity index (χ0) is 11.5. The maximum atomic E-state index is 11.0. The molecule has 0 aliphatic carbocycles. The van der Waals surface area contributed by atoms with Crippen molar-refractivity contribution < 1.29 is 9.90 Å². The van der Waals surface area contributed by atoms with Gasteiger partial charge >= 0.3 is 5.97 Å². The summed E-state index contributed by atoms with van der Waals surface area (Å²) >= 11 is 11.3. The summed E-state index contributed by atoms with van der Waals surface area (Å²) in [4.78, 5) is 13.1. The molecule has 0 aromatic heterocycles. The van der Waals surface area contributed by atoms with E-state index < -0.39 is 11.4 Å². The molecule has 0 spiro atoms. The monoisotopic (exact) mass is 251 g/mol. The number of nitrogens with zero attached hydrogens (tertiary/aromatic N) is 1. The molecule has 15 heavy (non-hydrogen) atoms. The number of halogens is 2. The largest absolute Gasteiger partial charge is 0.481 e. The van der Waals surface area contributed by atoms with Gasteiger partial charge in [0, 0.05) is 17.1 Å². The van der Waals surface area contributed by atoms with Crippen LogP contribution in [0.15, 0.2) is 10.6 Å². The lowest BCUT2D eigenvalue weighted by molar-refractivity contribution is -0.150. The van der Waals surface area contributed by atoms with Crippen LogP contribution in [-0.4, -0.2) is 35.6 Å². The zero-order valence-electron chi connectivity index (χ0n) is 8.67. The number of carbonyl (C=O) groups is 1. The lowest BCUT2D eigenvalue weighted by Gasteiger charge is -2.36. The van der Waals surface area contributed by atoms with Crippen LogP contribution in [0, 0.1) is 5.41 Å². The number of carboxylic acids is 1. The maximum absolute atomic E-state index is 11.0. The Morgan fingerprint density at radius 2 is 2.07 bits per heavy atom. The summed E-state index contributed by atoms with van der Waals surface area (Å²) in [7, 11) is 0. The molecule has 5 heteroatoms. The molecule has 1 aliphatic heterocycles. The second-order valence-electron chi connectivity index (χ2n) is 4.20. The predicted octanol–water partition coefficient (Wildman–Crippen LogP) is 2.49. The Balaban J connectivity index is 2.46. The molecule has 0 bridgehead atoms. The number of carboxylic acid groups (broad SMARTS) is 1. The molecule has 1 fully saturated rings. The molecule has 0 saturated carbocycles. The van der Waals surface area contributed by atoms with Gasteiger partial charge in [-0.3, -0.25) is 9.69 Å². The summed E-state index contributed by atoms with van der Waals surface area (Å²) in [5.41, 5.74) is 0.778. The summed E-state index contributed by atoms with van der Waals surface area (Å²) in [6, 6.07) is 0. The van der Waals surface area contributed by atoms with Crippen molar-refractivity contribution in [2.24, 2.45) is 5.41 Å². The van der Waals surface area contributed by atoms with Crippen molar-refractivity contribution in [3.8, 4) is 0 Å². The van der Waals surface area contributed by atoms with Crippen molar-refractivity contribution in [3.05, 3.63) is 10.6 Å². The van der Waals surface area contributed by atoms with Crippen LogP contribution in [-0.2, 0) is 4.79 Å². The van der Waals surface area contributed by atoms with Crippen molar-refractivity contribution in [3.63, 3.8) is 0 Å². The fourth-order valence-electron chi connectivity index (χ4n) is 1.67. The van der Waals surface area contributed by atoms with Crippen LogP contribution in [0.4, 0.5) is 0 Å². The molecule has 1 N–H and O–H groups in total. The minimum Gasteiger partial charge on any atom is -0.481 e. The Morgan fingerprint density at radius 3 is 2.47 bits per heavy atom. The highest BCUT2D eigenvalue weighted by Gasteiger charge is 2.36. The lowest BCUT2D eigenvalue weighted by atomic mass is 9.80. The number of likely N-dealkylation sites (tertiary alicyclic amines) is 1. The SMILES string of the molecule is CC1(C(=O)O)CCN(CC(Cl)=CCl)CC1. The quantitative estimate of drug-likeness (QED) is 0.838. The molecule has 0 radical (unpaired) electrons. The van der Waals surface area contributed by atoms with Crippen LogP contribution in [0.5, 0.6) is 0 Å². The van der Waals surface area contributed by atoms with E-state index in [0.717, 1.165) is 13.1 Å². The predicted molar refractivity (Wildman–Crippen MR) is 61.2 cm³/mol. The molecule has 0 atom stereocenters. The topological polar surface area (TPSA) is 40.5 Å². The van der Waals surface area contributed by atoms with Crippen molar-refractivity contribution in [2.45, 2.75) is 19.8 Å². The summed E-state index contributed by atoms with van der Waals surface area (Å²) in [5, 5.41) is 9.63. The van der Waals surface area contributed by atoms with Crippen LogP contribution >= 0.6 is 23.2 Å². The third-order valence-corrected chi connectivity index (χ3v) is 3.57. The van der Waals surface area contributed by atoms with E-state index in [0.29, 0.717) is 24.4 Å². The fraction of sp³-hybridized carbons (Fsp3) is 0.700. The molecule has 86 valence electrons. The minimum absolute atomic E-state index is 0.576. The second kappa shape index (κ2) is 5.19. The highest BCUT2D eigenvalue weighted by molar-refractivity contribution is 6.36. The summed E-state index contributed by atoms with van der Waals surface area (Å²) in [5.74, 6) is -0.707. The third kappa shape index (κ3) is 3.37. The first-order chi connectivity index (χ1) is 6.98. The lowest BCUT2D eigenvalue weighted by Crippen LogP contribution is -2.43. The van der Waals surface area contributed by atoms with Gasteiger partial charge < -0.3 is 5.11 Å². The minimum atomic E-state index is -0.707. The number of piperidine rings is 1. The van der Waals surface area contributed by atoms with Crippen LogP contribution in [0.2, 0.25) is 0 Å². The molecule has 3 nitrogen and oxygen atoms in total. The molecule has 1 heterocycles. The number of hydrogen-bond acceptors (Lipinski definition) is 2. The standard InChI is InChI=1S/C10H15Cl2NO2/c1-10(9(14)15)2-4-13(5-3-10)7-8(12)6-11/h6H,2-5,7H2,1H3,(H,14,15). The van der Waals surface area contributed by atoms with E-state index in [1.165, 1.54) is 5.54 Å². The summed E-state index contributed by atoms with van der Waals surface area (Å²) < 4.78 is 0. The van der Waals surface area contributed by atoms with E-state index in [9.17, 15) is 4.79 Å². The van der Waals surface area contributed by atoms with E-state index in [1.54, 1.807) is 6.92 Å². The van der Waals surface area contributed by atoms with Crippen molar-refractivity contribution in [1.29, 1.82) is 0 Å². The highest BCUT2D eigenvalue weighted by Crippen LogP contribution is 2.31. The normalized spacial score (nSPS) is 22.7. The van der Waals surface area contributed by atoms with Crippen LogP contribution < -0.4 is 0 Å². The molecule has 0 amide bonds.